The summed E-state index contributed by atoms with van der Waals surface area (Å²) in [6.45, 7) is 4.92. The molecular weight excluding hydrogens is 386 g/mol. The molecular formula is C26H25N3O2. The van der Waals surface area contributed by atoms with Crippen LogP contribution in [0.1, 0.15) is 36.2 Å². The van der Waals surface area contributed by atoms with Crippen molar-refractivity contribution in [3.05, 3.63) is 71.8 Å². The average Bonchev–Trinajstić information content (AvgIpc) is 3.21. The molecule has 5 heteroatoms. The summed E-state index contributed by atoms with van der Waals surface area (Å²) in [5.41, 5.74) is 3.21. The average molecular weight is 412 g/mol. The molecule has 1 atom stereocenters. The van der Waals surface area contributed by atoms with Crippen molar-refractivity contribution in [3.8, 4) is 17.2 Å². The van der Waals surface area contributed by atoms with Crippen LogP contribution in [-0.2, 0) is 10.2 Å². The molecule has 1 fully saturated rings. The zero-order valence-electron chi connectivity index (χ0n) is 17.7. The molecule has 2 N–H and O–H groups in total. The van der Waals surface area contributed by atoms with Crippen LogP contribution in [0.2, 0.25) is 0 Å². The molecule has 1 aliphatic heterocycles. The minimum atomic E-state index is -0.526. The van der Waals surface area contributed by atoms with Gasteiger partial charge in [0, 0.05) is 31.0 Å². The summed E-state index contributed by atoms with van der Waals surface area (Å²) in [7, 11) is 0. The molecule has 0 aromatic heterocycles. The number of nitrogens with zero attached hydrogens (tertiary/aromatic N) is 1. The fourth-order valence-corrected chi connectivity index (χ4v) is 3.96. The lowest BCUT2D eigenvalue weighted by atomic mass is 9.85. The molecule has 2 amide bonds. The van der Waals surface area contributed by atoms with Gasteiger partial charge in [0.1, 0.15) is 0 Å². The quantitative estimate of drug-likeness (QED) is 0.661. The second-order valence-corrected chi connectivity index (χ2v) is 8.64. The number of hydrogen-bond donors (Lipinski definition) is 2. The van der Waals surface area contributed by atoms with Crippen LogP contribution in [0.25, 0.3) is 21.9 Å². The highest BCUT2D eigenvalue weighted by atomic mass is 16.2. The Balaban J connectivity index is 1.56. The Morgan fingerprint density at radius 1 is 1.16 bits per heavy atom. The molecule has 4 rings (SSSR count). The first-order valence-corrected chi connectivity index (χ1v) is 10.5. The van der Waals surface area contributed by atoms with E-state index in [2.05, 4.69) is 22.8 Å². The number of carbonyl (C=O) groups excluding carboxylic acids is 2. The minimum absolute atomic E-state index is 0.0432. The van der Waals surface area contributed by atoms with Gasteiger partial charge in [0.25, 0.3) is 5.91 Å². The number of amides is 2. The van der Waals surface area contributed by atoms with Crippen molar-refractivity contribution in [2.45, 2.75) is 25.7 Å². The van der Waals surface area contributed by atoms with Gasteiger partial charge in [-0.05, 0) is 53.4 Å². The predicted octanol–water partition coefficient (Wildman–Crippen LogP) is 4.17. The molecule has 0 aliphatic carbocycles. The molecule has 5 nitrogen and oxygen atoms in total. The molecule has 0 bridgehead atoms. The maximum absolute atomic E-state index is 12.6. The molecule has 0 spiro atoms. The maximum atomic E-state index is 12.6. The lowest BCUT2D eigenvalue weighted by molar-refractivity contribution is -0.119. The highest BCUT2D eigenvalue weighted by molar-refractivity contribution is 6.02. The highest BCUT2D eigenvalue weighted by Gasteiger charge is 2.22. The van der Waals surface area contributed by atoms with Crippen molar-refractivity contribution in [3.63, 3.8) is 0 Å². The van der Waals surface area contributed by atoms with E-state index in [1.54, 1.807) is 0 Å². The molecule has 0 radical (unpaired) electrons. The number of fused-ring (bicyclic) bond motifs is 1. The maximum Gasteiger partial charge on any atom is 0.251 e. The summed E-state index contributed by atoms with van der Waals surface area (Å²) in [5.74, 6) is 0.0638. The topological polar surface area (TPSA) is 82.0 Å². The van der Waals surface area contributed by atoms with Gasteiger partial charge in [0.2, 0.25) is 5.91 Å². The van der Waals surface area contributed by atoms with Gasteiger partial charge in [-0.25, -0.2) is 0 Å². The fraction of sp³-hybridized carbons (Fsp3) is 0.269. The van der Waals surface area contributed by atoms with Crippen LogP contribution in [0.3, 0.4) is 0 Å². The van der Waals surface area contributed by atoms with E-state index < -0.39 is 5.41 Å². The summed E-state index contributed by atoms with van der Waals surface area (Å²) in [5, 5.41) is 17.1. The predicted molar refractivity (Wildman–Crippen MR) is 121 cm³/mol. The van der Waals surface area contributed by atoms with E-state index in [1.807, 2.05) is 68.4 Å². The van der Waals surface area contributed by atoms with Gasteiger partial charge in [-0.15, -0.1) is 0 Å². The molecule has 1 aliphatic rings. The zero-order chi connectivity index (χ0) is 22.0. The monoisotopic (exact) mass is 411 g/mol. The second kappa shape index (κ2) is 8.23. The van der Waals surface area contributed by atoms with E-state index in [4.69, 9.17) is 0 Å². The minimum Gasteiger partial charge on any atom is -0.356 e. The molecule has 1 saturated heterocycles. The van der Waals surface area contributed by atoms with Crippen LogP contribution >= 0.6 is 0 Å². The third kappa shape index (κ3) is 4.29. The van der Waals surface area contributed by atoms with Gasteiger partial charge < -0.3 is 10.6 Å². The summed E-state index contributed by atoms with van der Waals surface area (Å²) < 4.78 is 0. The summed E-state index contributed by atoms with van der Waals surface area (Å²) in [6, 6.07) is 22.2. The first-order chi connectivity index (χ1) is 14.9. The normalized spacial score (nSPS) is 16.0. The lowest BCUT2D eigenvalue weighted by Gasteiger charge is -2.16. The third-order valence-electron chi connectivity index (χ3n) is 5.95. The van der Waals surface area contributed by atoms with Crippen LogP contribution < -0.4 is 10.6 Å². The number of carbonyl (C=O) groups is 2. The number of nitriles is 1. The summed E-state index contributed by atoms with van der Waals surface area (Å²) in [4.78, 5) is 23.9. The number of hydrogen-bond acceptors (Lipinski definition) is 3. The van der Waals surface area contributed by atoms with E-state index >= 15 is 0 Å². The van der Waals surface area contributed by atoms with E-state index in [0.717, 1.165) is 27.5 Å². The van der Waals surface area contributed by atoms with E-state index in [0.29, 0.717) is 25.1 Å². The van der Waals surface area contributed by atoms with Crippen LogP contribution in [0.5, 0.6) is 0 Å². The first-order valence-electron chi connectivity index (χ1n) is 10.5. The standard InChI is InChI=1S/C26H25N3O2/c1-26(2,16-27)21-9-6-18(7-10-21)22-5-3-4-19-13-20(8-11-23(19)22)25(31)29-15-17-12-24(30)28-14-17/h3-11,13,17H,12,14-15H2,1-2H3,(H,28,30)(H,29,31). The summed E-state index contributed by atoms with van der Waals surface area (Å²) >= 11 is 0. The number of benzene rings is 3. The molecule has 3 aromatic carbocycles. The van der Waals surface area contributed by atoms with E-state index in [-0.39, 0.29) is 17.7 Å². The van der Waals surface area contributed by atoms with Crippen molar-refractivity contribution in [2.75, 3.05) is 13.1 Å². The Labute approximate surface area is 182 Å². The first kappa shape index (κ1) is 20.6. The van der Waals surface area contributed by atoms with Gasteiger partial charge in [0.15, 0.2) is 0 Å². The third-order valence-corrected chi connectivity index (χ3v) is 5.95. The van der Waals surface area contributed by atoms with Crippen LogP contribution in [0, 0.1) is 17.2 Å². The Hall–Kier alpha value is -3.65. The number of nitrogens with one attached hydrogen (secondary N) is 2. The molecule has 3 aromatic rings. The molecule has 1 heterocycles. The smallest absolute Gasteiger partial charge is 0.251 e. The second-order valence-electron chi connectivity index (χ2n) is 8.64. The van der Waals surface area contributed by atoms with Crippen molar-refractivity contribution in [1.82, 2.24) is 10.6 Å². The van der Waals surface area contributed by atoms with Crippen molar-refractivity contribution >= 4 is 22.6 Å². The van der Waals surface area contributed by atoms with Crippen molar-refractivity contribution in [2.24, 2.45) is 5.92 Å². The van der Waals surface area contributed by atoms with E-state index in [1.165, 1.54) is 0 Å². The molecule has 31 heavy (non-hydrogen) atoms. The Morgan fingerprint density at radius 3 is 2.61 bits per heavy atom. The van der Waals surface area contributed by atoms with Gasteiger partial charge in [0.05, 0.1) is 11.5 Å². The zero-order valence-corrected chi connectivity index (χ0v) is 17.7. The largest absolute Gasteiger partial charge is 0.356 e. The lowest BCUT2D eigenvalue weighted by Crippen LogP contribution is -2.30. The Bertz CT molecular complexity index is 1190. The van der Waals surface area contributed by atoms with Gasteiger partial charge in [-0.3, -0.25) is 9.59 Å². The fourth-order valence-electron chi connectivity index (χ4n) is 3.96. The number of rotatable bonds is 5. The van der Waals surface area contributed by atoms with Crippen molar-refractivity contribution < 1.29 is 9.59 Å². The molecule has 1 unspecified atom stereocenters. The Morgan fingerprint density at radius 2 is 1.94 bits per heavy atom. The molecule has 156 valence electrons. The highest BCUT2D eigenvalue weighted by Crippen LogP contribution is 2.31. The van der Waals surface area contributed by atoms with Crippen LogP contribution in [0.15, 0.2) is 60.7 Å². The van der Waals surface area contributed by atoms with Gasteiger partial charge in [-0.2, -0.15) is 5.26 Å². The van der Waals surface area contributed by atoms with Gasteiger partial charge in [-0.1, -0.05) is 48.5 Å². The van der Waals surface area contributed by atoms with E-state index in [9.17, 15) is 14.9 Å². The SMILES string of the molecule is CC(C)(C#N)c1ccc(-c2cccc3cc(C(=O)NCC4CNC(=O)C4)ccc23)cc1. The molecule has 0 saturated carbocycles. The van der Waals surface area contributed by atoms with Crippen LogP contribution in [-0.4, -0.2) is 24.9 Å². The summed E-state index contributed by atoms with van der Waals surface area (Å²) in [6.07, 6.45) is 0.464. The van der Waals surface area contributed by atoms with Gasteiger partial charge >= 0.3 is 0 Å². The van der Waals surface area contributed by atoms with Crippen molar-refractivity contribution in [1.29, 1.82) is 5.26 Å². The Kier molecular flexibility index (Phi) is 5.48. The van der Waals surface area contributed by atoms with Crippen LogP contribution in [0.4, 0.5) is 0 Å².